The summed E-state index contributed by atoms with van der Waals surface area (Å²) in [6.07, 6.45) is 3.73. The lowest BCUT2D eigenvalue weighted by molar-refractivity contribution is 0.776. The second-order valence-electron chi connectivity index (χ2n) is 3.21. The Morgan fingerprint density at radius 2 is 1.69 bits per heavy atom. The van der Waals surface area contributed by atoms with Crippen molar-refractivity contribution in [3.8, 4) is 0 Å². The summed E-state index contributed by atoms with van der Waals surface area (Å²) in [7, 11) is 0. The van der Waals surface area contributed by atoms with Crippen LogP contribution in [0.1, 0.15) is 31.7 Å². The maximum Gasteiger partial charge on any atom is 0.0223 e. The summed E-state index contributed by atoms with van der Waals surface area (Å²) in [6, 6.07) is 10.3. The minimum atomic E-state index is 0.827. The van der Waals surface area contributed by atoms with E-state index in [9.17, 15) is 0 Å². The van der Waals surface area contributed by atoms with Gasteiger partial charge in [-0.15, -0.1) is 11.6 Å². The van der Waals surface area contributed by atoms with Crippen LogP contribution in [0.5, 0.6) is 0 Å². The van der Waals surface area contributed by atoms with E-state index in [0.29, 0.717) is 0 Å². The summed E-state index contributed by atoms with van der Waals surface area (Å²) in [4.78, 5) is 0. The van der Waals surface area contributed by atoms with Crippen LogP contribution in [0.2, 0.25) is 0 Å². The number of alkyl halides is 1. The predicted octanol–water partition coefficient (Wildman–Crippen LogP) is 5.78. The van der Waals surface area contributed by atoms with Crippen LogP contribution >= 0.6 is 23.2 Å². The molecule has 0 aliphatic rings. The molecule has 0 atom stereocenters. The first-order valence-electron chi connectivity index (χ1n) is 5.51. The Morgan fingerprint density at radius 1 is 1.19 bits per heavy atom. The third-order valence-electron chi connectivity index (χ3n) is 1.68. The first-order chi connectivity index (χ1) is 7.72. The quantitative estimate of drug-likeness (QED) is 0.478. The Morgan fingerprint density at radius 3 is 1.88 bits per heavy atom. The van der Waals surface area contributed by atoms with Crippen molar-refractivity contribution in [2.75, 3.05) is 5.88 Å². The number of halogens is 2. The summed E-state index contributed by atoms with van der Waals surface area (Å²) in [6.45, 7) is 7.38. The second kappa shape index (κ2) is 17.0. The normalized spacial score (nSPS) is 8.00. The molecule has 0 amide bonds. The van der Waals surface area contributed by atoms with Gasteiger partial charge in [-0.1, -0.05) is 73.8 Å². The van der Waals surface area contributed by atoms with E-state index in [2.05, 4.69) is 32.6 Å². The minimum Gasteiger partial charge on any atom is -0.127 e. The molecule has 0 N–H and O–H groups in total. The van der Waals surface area contributed by atoms with Crippen molar-refractivity contribution >= 4 is 23.2 Å². The van der Waals surface area contributed by atoms with Gasteiger partial charge in [0.15, 0.2) is 0 Å². The molecule has 1 aromatic rings. The fraction of sp³-hybridized carbons (Fsp3) is 0.429. The predicted molar refractivity (Wildman–Crippen MR) is 77.5 cm³/mol. The molecule has 0 nitrogen and oxygen atoms in total. The largest absolute Gasteiger partial charge is 0.127 e. The van der Waals surface area contributed by atoms with E-state index in [1.54, 1.807) is 0 Å². The number of hydrogen-bond donors (Lipinski definition) is 0. The molecule has 0 aliphatic carbocycles. The first-order valence-corrected chi connectivity index (χ1v) is 6.48. The van der Waals surface area contributed by atoms with Crippen LogP contribution in [0, 0.1) is 6.92 Å². The van der Waals surface area contributed by atoms with Gasteiger partial charge in [-0.25, -0.2) is 0 Å². The van der Waals surface area contributed by atoms with Crippen LogP contribution in [0.3, 0.4) is 0 Å². The summed E-state index contributed by atoms with van der Waals surface area (Å²) in [5.41, 5.74) is 2.54. The Labute approximate surface area is 110 Å². The molecule has 0 saturated heterocycles. The summed E-state index contributed by atoms with van der Waals surface area (Å²) < 4.78 is 0. The fourth-order valence-corrected chi connectivity index (χ4v) is 1.07. The van der Waals surface area contributed by atoms with Gasteiger partial charge in [0.1, 0.15) is 0 Å². The van der Waals surface area contributed by atoms with Crippen LogP contribution in [0.15, 0.2) is 42.4 Å². The molecule has 1 aromatic carbocycles. The van der Waals surface area contributed by atoms with Crippen molar-refractivity contribution in [1.29, 1.82) is 0 Å². The van der Waals surface area contributed by atoms with E-state index in [4.69, 9.17) is 23.2 Å². The van der Waals surface area contributed by atoms with Crippen molar-refractivity contribution in [2.45, 2.75) is 33.1 Å². The number of unbranched alkanes of at least 4 members (excludes halogenated alkanes) is 2. The Balaban J connectivity index is 0. The van der Waals surface area contributed by atoms with Gasteiger partial charge < -0.3 is 0 Å². The highest BCUT2D eigenvalue weighted by molar-refractivity contribution is 6.25. The van der Waals surface area contributed by atoms with Gasteiger partial charge >= 0.3 is 0 Å². The van der Waals surface area contributed by atoms with Crippen LogP contribution < -0.4 is 0 Å². The van der Waals surface area contributed by atoms with E-state index in [1.165, 1.54) is 30.4 Å². The van der Waals surface area contributed by atoms with Gasteiger partial charge in [-0.3, -0.25) is 0 Å². The topological polar surface area (TPSA) is 0 Å². The van der Waals surface area contributed by atoms with E-state index in [-0.39, 0.29) is 0 Å². The molecule has 92 valence electrons. The molecule has 0 fully saturated rings. The van der Waals surface area contributed by atoms with Gasteiger partial charge in [0.2, 0.25) is 0 Å². The Hall–Kier alpha value is -0.460. The molecule has 0 spiro atoms. The standard InChI is InChI=1S/C7H8.C5H11Cl.C2H3Cl/c1-7-5-3-2-4-6-7;1-2-3-4-5-6;1-2-3/h2-6H,1H3;2-5H2,1H3;2H,1H2. The molecule has 2 heteroatoms. The molecule has 1 rings (SSSR count). The molecular formula is C14H22Cl2. The smallest absolute Gasteiger partial charge is 0.0223 e. The highest BCUT2D eigenvalue weighted by Crippen LogP contribution is 1.93. The fourth-order valence-electron chi connectivity index (χ4n) is 0.879. The number of aryl methyl sites for hydroxylation is 1. The van der Waals surface area contributed by atoms with Gasteiger partial charge in [0.25, 0.3) is 0 Å². The first kappa shape index (κ1) is 17.9. The van der Waals surface area contributed by atoms with Gasteiger partial charge in [-0.2, -0.15) is 0 Å². The second-order valence-corrected chi connectivity index (χ2v) is 3.89. The zero-order valence-corrected chi connectivity index (χ0v) is 11.8. The highest BCUT2D eigenvalue weighted by atomic mass is 35.5. The molecule has 0 bridgehead atoms. The zero-order valence-electron chi connectivity index (χ0n) is 10.3. The van der Waals surface area contributed by atoms with Crippen molar-refractivity contribution < 1.29 is 0 Å². The SMILES string of the molecule is C=CCl.CCCCCCl.Cc1ccccc1. The van der Waals surface area contributed by atoms with Gasteiger partial charge in [0, 0.05) is 5.88 Å². The third-order valence-corrected chi connectivity index (χ3v) is 1.94. The summed E-state index contributed by atoms with van der Waals surface area (Å²) >= 11 is 10.1. The summed E-state index contributed by atoms with van der Waals surface area (Å²) in [5, 5.41) is 0. The average Bonchev–Trinajstić information content (AvgIpc) is 2.29. The lowest BCUT2D eigenvalue weighted by Gasteiger charge is -1.84. The zero-order chi connectivity index (χ0) is 12.6. The minimum absolute atomic E-state index is 0.827. The molecule has 0 aromatic heterocycles. The van der Waals surface area contributed by atoms with Crippen LogP contribution in [-0.2, 0) is 0 Å². The van der Waals surface area contributed by atoms with E-state index >= 15 is 0 Å². The number of benzene rings is 1. The van der Waals surface area contributed by atoms with Crippen LogP contribution in [0.25, 0.3) is 0 Å². The van der Waals surface area contributed by atoms with Crippen molar-refractivity contribution in [2.24, 2.45) is 0 Å². The maximum atomic E-state index is 5.38. The Bertz CT molecular complexity index is 215. The number of rotatable bonds is 3. The maximum absolute atomic E-state index is 5.38. The highest BCUT2D eigenvalue weighted by Gasteiger charge is 1.76. The van der Waals surface area contributed by atoms with Crippen molar-refractivity contribution in [3.63, 3.8) is 0 Å². The van der Waals surface area contributed by atoms with Crippen molar-refractivity contribution in [3.05, 3.63) is 48.0 Å². The monoisotopic (exact) mass is 260 g/mol. The van der Waals surface area contributed by atoms with Crippen LogP contribution in [-0.4, -0.2) is 5.88 Å². The summed E-state index contributed by atoms with van der Waals surface area (Å²) in [5.74, 6) is 0.827. The van der Waals surface area contributed by atoms with Crippen LogP contribution in [0.4, 0.5) is 0 Å². The van der Waals surface area contributed by atoms with E-state index in [1.807, 2.05) is 18.2 Å². The molecule has 0 radical (unpaired) electrons. The molecule has 0 heterocycles. The van der Waals surface area contributed by atoms with Gasteiger partial charge in [-0.05, 0) is 18.9 Å². The number of hydrogen-bond acceptors (Lipinski definition) is 0. The van der Waals surface area contributed by atoms with Crippen molar-refractivity contribution in [1.82, 2.24) is 0 Å². The lowest BCUT2D eigenvalue weighted by atomic mass is 10.2. The third kappa shape index (κ3) is 19.2. The molecular weight excluding hydrogens is 239 g/mol. The average molecular weight is 261 g/mol. The molecule has 0 saturated carbocycles. The van der Waals surface area contributed by atoms with E-state index in [0.717, 1.165) is 5.88 Å². The molecule has 16 heavy (non-hydrogen) atoms. The molecule has 0 aliphatic heterocycles. The van der Waals surface area contributed by atoms with E-state index < -0.39 is 0 Å². The lowest BCUT2D eigenvalue weighted by Crippen LogP contribution is -1.70. The Kier molecular flexibility index (Phi) is 19.0. The van der Waals surface area contributed by atoms with Gasteiger partial charge in [0.05, 0.1) is 0 Å². The molecule has 0 unspecified atom stereocenters.